The summed E-state index contributed by atoms with van der Waals surface area (Å²) in [6, 6.07) is 3.59. The number of nitrogens with one attached hydrogen (secondary N) is 1. The maximum absolute atomic E-state index is 16.9. The Kier molecular flexibility index (Phi) is 7.44. The molecule has 45 heavy (non-hydrogen) atoms. The van der Waals surface area contributed by atoms with Gasteiger partial charge in [0, 0.05) is 53.6 Å². The van der Waals surface area contributed by atoms with Crippen LogP contribution >= 0.6 is 11.3 Å². The van der Waals surface area contributed by atoms with Gasteiger partial charge in [-0.3, -0.25) is 4.90 Å². The van der Waals surface area contributed by atoms with E-state index < -0.39 is 28.9 Å². The number of hydrogen-bond acceptors (Lipinski definition) is 9. The highest BCUT2D eigenvalue weighted by Crippen LogP contribution is 2.49. The van der Waals surface area contributed by atoms with Gasteiger partial charge < -0.3 is 26.4 Å². The van der Waals surface area contributed by atoms with Gasteiger partial charge in [0.25, 0.3) is 0 Å². The lowest BCUT2D eigenvalue weighted by molar-refractivity contribution is -0.137. The number of halogens is 5. The number of alkyl halides is 3. The number of anilines is 3. The molecule has 0 radical (unpaired) electrons. The van der Waals surface area contributed by atoms with Crippen molar-refractivity contribution in [2.24, 2.45) is 0 Å². The van der Waals surface area contributed by atoms with Crippen LogP contribution in [-0.4, -0.2) is 65.3 Å². The van der Waals surface area contributed by atoms with Crippen LogP contribution in [0.3, 0.4) is 0 Å². The van der Waals surface area contributed by atoms with E-state index in [0.717, 1.165) is 61.8 Å². The summed E-state index contributed by atoms with van der Waals surface area (Å²) in [4.78, 5) is 13.2. The van der Waals surface area contributed by atoms with Crippen LogP contribution in [0.2, 0.25) is 0 Å². The minimum absolute atomic E-state index is 0.0297. The smallest absolute Gasteiger partial charge is 0.417 e. The van der Waals surface area contributed by atoms with E-state index in [4.69, 9.17) is 16.2 Å². The minimum atomic E-state index is -4.97. The third-order valence-corrected chi connectivity index (χ3v) is 10.4. The lowest BCUT2D eigenvalue weighted by Gasteiger charge is -2.34. The number of hydrogen-bond donors (Lipinski definition) is 3. The van der Waals surface area contributed by atoms with Crippen LogP contribution in [0.5, 0.6) is 6.01 Å². The van der Waals surface area contributed by atoms with Gasteiger partial charge in [-0.1, -0.05) is 6.07 Å². The molecule has 5 N–H and O–H groups in total. The Labute approximate surface area is 260 Å². The van der Waals surface area contributed by atoms with Gasteiger partial charge >= 0.3 is 12.2 Å². The molecule has 240 valence electrons. The Morgan fingerprint density at radius 1 is 1.09 bits per heavy atom. The summed E-state index contributed by atoms with van der Waals surface area (Å²) in [6.07, 6.45) is -1.19. The summed E-state index contributed by atoms with van der Waals surface area (Å²) < 4.78 is 82.2. The Balaban J connectivity index is 1.44. The van der Waals surface area contributed by atoms with Crippen molar-refractivity contribution in [1.29, 1.82) is 0 Å². The molecule has 2 aromatic heterocycles. The van der Waals surface area contributed by atoms with Gasteiger partial charge in [-0.2, -0.15) is 23.1 Å². The van der Waals surface area contributed by atoms with E-state index in [2.05, 4.69) is 34.0 Å². The number of ether oxygens (including phenoxy) is 1. The van der Waals surface area contributed by atoms with Gasteiger partial charge in [0.1, 0.15) is 28.8 Å². The number of rotatable bonds is 6. The largest absolute Gasteiger partial charge is 0.462 e. The summed E-state index contributed by atoms with van der Waals surface area (Å²) in [6.45, 7) is 6.40. The summed E-state index contributed by atoms with van der Waals surface area (Å²) in [7, 11) is 0. The van der Waals surface area contributed by atoms with Crippen molar-refractivity contribution in [2.75, 3.05) is 42.6 Å². The Morgan fingerprint density at radius 2 is 1.82 bits per heavy atom. The average molecular weight is 648 g/mol. The van der Waals surface area contributed by atoms with Crippen LogP contribution in [0.25, 0.3) is 32.1 Å². The van der Waals surface area contributed by atoms with Crippen LogP contribution in [-0.2, 0) is 6.18 Å². The van der Waals surface area contributed by atoms with E-state index in [0.29, 0.717) is 19.1 Å². The van der Waals surface area contributed by atoms with Crippen molar-refractivity contribution in [3.63, 3.8) is 0 Å². The monoisotopic (exact) mass is 647 g/mol. The summed E-state index contributed by atoms with van der Waals surface area (Å²) >= 11 is 0.800. The molecular weight excluding hydrogens is 613 g/mol. The van der Waals surface area contributed by atoms with Gasteiger partial charge in [-0.05, 0) is 63.8 Å². The van der Waals surface area contributed by atoms with Crippen molar-refractivity contribution in [3.05, 3.63) is 35.4 Å². The third kappa shape index (κ3) is 5.20. The molecule has 3 saturated heterocycles. The summed E-state index contributed by atoms with van der Waals surface area (Å²) in [5.74, 6) is -1.74. The molecule has 0 saturated carbocycles. The zero-order chi connectivity index (χ0) is 31.8. The molecule has 14 heteroatoms. The number of likely N-dealkylation sites (tertiary alicyclic amines) is 1. The van der Waals surface area contributed by atoms with Crippen molar-refractivity contribution < 1.29 is 26.7 Å². The van der Waals surface area contributed by atoms with Gasteiger partial charge in [0.15, 0.2) is 5.82 Å². The number of nitrogen functional groups attached to an aromatic ring is 2. The third-order valence-electron chi connectivity index (χ3n) is 9.33. The topological polar surface area (TPSA) is 106 Å². The van der Waals surface area contributed by atoms with Crippen LogP contribution in [0, 0.1) is 11.6 Å². The zero-order valence-electron chi connectivity index (χ0n) is 24.8. The predicted molar refractivity (Wildman–Crippen MR) is 167 cm³/mol. The van der Waals surface area contributed by atoms with Crippen molar-refractivity contribution in [2.45, 2.75) is 69.9 Å². The number of nitrogens with two attached hydrogens (primary N) is 2. The van der Waals surface area contributed by atoms with Crippen LogP contribution in [0.15, 0.2) is 18.2 Å². The lowest BCUT2D eigenvalue weighted by atomic mass is 9.93. The maximum atomic E-state index is 16.9. The molecule has 2 bridgehead atoms. The van der Waals surface area contributed by atoms with E-state index in [9.17, 15) is 17.6 Å². The number of thiophene rings is 1. The molecule has 3 atom stereocenters. The number of fused-ring (bicyclic) bond motifs is 4. The van der Waals surface area contributed by atoms with E-state index in [1.54, 1.807) is 0 Å². The SMILES string of the molecule is CC(C)N1CCC[C@H]1COc1nc(N2CC3CCC(C2)N3)c2cc(C(F)(F)F)c(-c3ccc(F)c4sc(N)c(N)c34)c(F)c2n1. The molecule has 0 spiro atoms. The van der Waals surface area contributed by atoms with E-state index >= 15 is 4.39 Å². The number of aromatic nitrogens is 2. The Hall–Kier alpha value is -3.49. The first kappa shape index (κ1) is 30.2. The standard InChI is InChI=1S/C31H34F5N7OS/c1-14(2)43-9-3-4-17(43)13-44-30-40-26-19(29(41-30)42-11-15-5-6-16(12-42)39-15)10-20(31(34,35)36)22(24(26)33)18-7-8-21(32)27-23(18)25(37)28(38)45-27/h7-8,10,14-17,39H,3-6,9,11-13,37-38H2,1-2H3/t15?,16?,17-/m0/s1. The van der Waals surface area contributed by atoms with E-state index in [-0.39, 0.29) is 73.8 Å². The molecule has 3 fully saturated rings. The molecule has 8 nitrogen and oxygen atoms in total. The minimum Gasteiger partial charge on any atom is -0.462 e. The highest BCUT2D eigenvalue weighted by molar-refractivity contribution is 7.23. The lowest BCUT2D eigenvalue weighted by Crippen LogP contribution is -2.51. The van der Waals surface area contributed by atoms with Gasteiger partial charge in [-0.25, -0.2) is 8.78 Å². The first-order valence-corrected chi connectivity index (χ1v) is 16.0. The van der Waals surface area contributed by atoms with Crippen molar-refractivity contribution in [3.8, 4) is 17.1 Å². The molecule has 4 aromatic rings. The number of benzene rings is 2. The molecule has 3 aliphatic rings. The predicted octanol–water partition coefficient (Wildman–Crippen LogP) is 6.17. The van der Waals surface area contributed by atoms with Gasteiger partial charge in [0.05, 0.1) is 16.0 Å². The molecule has 5 heterocycles. The highest BCUT2D eigenvalue weighted by atomic mass is 32.1. The number of piperazine rings is 1. The van der Waals surface area contributed by atoms with Crippen molar-refractivity contribution >= 4 is 48.8 Å². The molecule has 0 aliphatic carbocycles. The highest BCUT2D eigenvalue weighted by Gasteiger charge is 2.40. The summed E-state index contributed by atoms with van der Waals surface area (Å²) in [5, 5.41) is 3.40. The second-order valence-electron chi connectivity index (χ2n) is 12.5. The Morgan fingerprint density at radius 3 is 2.51 bits per heavy atom. The first-order chi connectivity index (χ1) is 21.4. The van der Waals surface area contributed by atoms with Crippen LogP contribution in [0.1, 0.15) is 45.1 Å². The maximum Gasteiger partial charge on any atom is 0.417 e. The molecule has 2 aromatic carbocycles. The molecule has 7 rings (SSSR count). The zero-order valence-corrected chi connectivity index (χ0v) is 25.7. The van der Waals surface area contributed by atoms with Crippen LogP contribution < -0.4 is 26.4 Å². The molecule has 0 amide bonds. The summed E-state index contributed by atoms with van der Waals surface area (Å²) in [5.41, 5.74) is 9.43. The van der Waals surface area contributed by atoms with Crippen LogP contribution in [0.4, 0.5) is 38.5 Å². The van der Waals surface area contributed by atoms with E-state index in [1.165, 1.54) is 0 Å². The average Bonchev–Trinajstić information content (AvgIpc) is 3.69. The normalized spacial score (nSPS) is 22.4. The number of nitrogens with zero attached hydrogens (tertiary/aromatic N) is 4. The molecule has 2 unspecified atom stereocenters. The fourth-order valence-corrected chi connectivity index (χ4v) is 8.18. The second-order valence-corrected chi connectivity index (χ2v) is 13.5. The fraction of sp³-hybridized carbons (Fsp3) is 0.484. The molecular formula is C31H34F5N7OS. The van der Waals surface area contributed by atoms with Gasteiger partial charge in [0.2, 0.25) is 0 Å². The van der Waals surface area contributed by atoms with E-state index in [1.807, 2.05) is 4.90 Å². The quantitative estimate of drug-likeness (QED) is 0.214. The fourth-order valence-electron chi connectivity index (χ4n) is 7.26. The molecule has 3 aliphatic heterocycles. The van der Waals surface area contributed by atoms with Crippen molar-refractivity contribution in [1.82, 2.24) is 20.2 Å². The second kappa shape index (κ2) is 11.1. The first-order valence-electron chi connectivity index (χ1n) is 15.2. The van der Waals surface area contributed by atoms with Gasteiger partial charge in [-0.15, -0.1) is 11.3 Å². The Bertz CT molecular complexity index is 1780.